The standard InChI is InChI=1S/C22H27N3O5/c1-22(2,3)30-21(28)24-14-19(26)23-13-15-9-11-16(12-10-15)25-20(27)17-7-5-6-8-18(17)29-4/h5-12H,13-14H2,1-4H3,(H,23,26)(H,24,28)(H,25,27). The molecule has 160 valence electrons. The first kappa shape index (κ1) is 22.7. The normalized spacial score (nSPS) is 10.7. The van der Waals surface area contributed by atoms with Crippen LogP contribution in [0.1, 0.15) is 36.7 Å². The van der Waals surface area contributed by atoms with Crippen LogP contribution in [0.25, 0.3) is 0 Å². The molecule has 8 heteroatoms. The number of carbonyl (C=O) groups excluding carboxylic acids is 3. The van der Waals surface area contributed by atoms with Crippen molar-refractivity contribution in [2.24, 2.45) is 0 Å². The lowest BCUT2D eigenvalue weighted by Crippen LogP contribution is -2.39. The average Bonchev–Trinajstić information content (AvgIpc) is 2.70. The molecular weight excluding hydrogens is 386 g/mol. The topological polar surface area (TPSA) is 106 Å². The molecule has 0 bridgehead atoms. The molecule has 0 aromatic heterocycles. The second-order valence-corrected chi connectivity index (χ2v) is 7.48. The van der Waals surface area contributed by atoms with E-state index in [-0.39, 0.29) is 24.9 Å². The van der Waals surface area contributed by atoms with Gasteiger partial charge in [-0.25, -0.2) is 4.79 Å². The number of benzene rings is 2. The Morgan fingerprint density at radius 1 is 0.933 bits per heavy atom. The van der Waals surface area contributed by atoms with Crippen molar-refractivity contribution in [3.8, 4) is 5.75 Å². The van der Waals surface area contributed by atoms with Crippen LogP contribution in [-0.2, 0) is 16.1 Å². The van der Waals surface area contributed by atoms with Gasteiger partial charge >= 0.3 is 6.09 Å². The van der Waals surface area contributed by atoms with Gasteiger partial charge in [-0.2, -0.15) is 0 Å². The number of nitrogens with one attached hydrogen (secondary N) is 3. The summed E-state index contributed by atoms with van der Waals surface area (Å²) in [4.78, 5) is 35.8. The predicted molar refractivity (Wildman–Crippen MR) is 113 cm³/mol. The van der Waals surface area contributed by atoms with Crippen LogP contribution in [0.2, 0.25) is 0 Å². The summed E-state index contributed by atoms with van der Waals surface area (Å²) < 4.78 is 10.3. The van der Waals surface area contributed by atoms with E-state index in [4.69, 9.17) is 9.47 Å². The van der Waals surface area contributed by atoms with Gasteiger partial charge < -0.3 is 25.4 Å². The van der Waals surface area contributed by atoms with E-state index in [0.29, 0.717) is 17.0 Å². The molecule has 0 saturated heterocycles. The van der Waals surface area contributed by atoms with E-state index < -0.39 is 11.7 Å². The molecule has 0 fully saturated rings. The Hall–Kier alpha value is -3.55. The van der Waals surface area contributed by atoms with Crippen LogP contribution in [0.15, 0.2) is 48.5 Å². The Balaban J connectivity index is 1.81. The van der Waals surface area contributed by atoms with Crippen LogP contribution in [-0.4, -0.2) is 37.2 Å². The van der Waals surface area contributed by atoms with Gasteiger partial charge in [0.1, 0.15) is 17.9 Å². The van der Waals surface area contributed by atoms with Gasteiger partial charge in [0.25, 0.3) is 5.91 Å². The van der Waals surface area contributed by atoms with Gasteiger partial charge in [-0.3, -0.25) is 9.59 Å². The second kappa shape index (κ2) is 10.3. The highest BCUT2D eigenvalue weighted by molar-refractivity contribution is 6.06. The van der Waals surface area contributed by atoms with Crippen LogP contribution >= 0.6 is 0 Å². The first-order chi connectivity index (χ1) is 14.2. The van der Waals surface area contributed by atoms with E-state index >= 15 is 0 Å². The Kier molecular flexibility index (Phi) is 7.80. The van der Waals surface area contributed by atoms with Gasteiger partial charge in [-0.15, -0.1) is 0 Å². The molecule has 0 saturated carbocycles. The summed E-state index contributed by atoms with van der Waals surface area (Å²) in [5.41, 5.74) is 1.28. The molecule has 0 aliphatic rings. The number of carbonyl (C=O) groups is 3. The largest absolute Gasteiger partial charge is 0.496 e. The third kappa shape index (κ3) is 7.46. The summed E-state index contributed by atoms with van der Waals surface area (Å²) in [5, 5.41) is 7.91. The summed E-state index contributed by atoms with van der Waals surface area (Å²) in [5.74, 6) is -0.120. The molecule has 0 radical (unpaired) electrons. The molecule has 2 aromatic rings. The molecule has 30 heavy (non-hydrogen) atoms. The molecule has 0 heterocycles. The minimum atomic E-state index is -0.646. The minimum Gasteiger partial charge on any atom is -0.496 e. The summed E-state index contributed by atoms with van der Waals surface area (Å²) >= 11 is 0. The zero-order valence-electron chi connectivity index (χ0n) is 17.6. The van der Waals surface area contributed by atoms with Gasteiger partial charge in [0.2, 0.25) is 5.91 Å². The molecular formula is C22H27N3O5. The summed E-state index contributed by atoms with van der Waals surface area (Å²) in [6, 6.07) is 14.0. The number of methoxy groups -OCH3 is 1. The van der Waals surface area contributed by atoms with Crippen LogP contribution in [0.3, 0.4) is 0 Å². The van der Waals surface area contributed by atoms with Crippen LogP contribution < -0.4 is 20.7 Å². The average molecular weight is 413 g/mol. The van der Waals surface area contributed by atoms with Crippen LogP contribution in [0, 0.1) is 0 Å². The molecule has 0 atom stereocenters. The van der Waals surface area contributed by atoms with E-state index in [1.54, 1.807) is 69.3 Å². The maximum absolute atomic E-state index is 12.4. The zero-order valence-corrected chi connectivity index (χ0v) is 17.6. The van der Waals surface area contributed by atoms with E-state index in [2.05, 4.69) is 16.0 Å². The first-order valence-corrected chi connectivity index (χ1v) is 9.45. The van der Waals surface area contributed by atoms with Crippen LogP contribution in [0.5, 0.6) is 5.75 Å². The Morgan fingerprint density at radius 3 is 2.23 bits per heavy atom. The van der Waals surface area contributed by atoms with E-state index in [1.807, 2.05) is 0 Å². The molecule has 0 aliphatic heterocycles. The number of rotatable bonds is 7. The minimum absolute atomic E-state index is 0.179. The number of hydrogen-bond acceptors (Lipinski definition) is 5. The molecule has 3 amide bonds. The van der Waals surface area contributed by atoms with Crippen molar-refractivity contribution in [3.63, 3.8) is 0 Å². The smallest absolute Gasteiger partial charge is 0.408 e. The fraction of sp³-hybridized carbons (Fsp3) is 0.318. The van der Waals surface area contributed by atoms with Crippen molar-refractivity contribution in [2.75, 3.05) is 19.0 Å². The lowest BCUT2D eigenvalue weighted by Gasteiger charge is -2.19. The number of hydrogen-bond donors (Lipinski definition) is 3. The third-order valence-corrected chi connectivity index (χ3v) is 3.85. The summed E-state index contributed by atoms with van der Waals surface area (Å²) in [6.45, 7) is 5.34. The predicted octanol–water partition coefficient (Wildman–Crippen LogP) is 3.09. The van der Waals surface area contributed by atoms with Crippen molar-refractivity contribution in [1.82, 2.24) is 10.6 Å². The van der Waals surface area contributed by atoms with Gasteiger partial charge in [-0.05, 0) is 50.6 Å². The van der Waals surface area contributed by atoms with Gasteiger partial charge in [0, 0.05) is 12.2 Å². The summed E-state index contributed by atoms with van der Waals surface area (Å²) in [7, 11) is 1.51. The van der Waals surface area contributed by atoms with Gasteiger partial charge in [-0.1, -0.05) is 24.3 Å². The van der Waals surface area contributed by atoms with Crippen molar-refractivity contribution >= 4 is 23.6 Å². The quantitative estimate of drug-likeness (QED) is 0.647. The number of amides is 3. The number of ether oxygens (including phenoxy) is 2. The lowest BCUT2D eigenvalue weighted by atomic mass is 10.1. The SMILES string of the molecule is COc1ccccc1C(=O)Nc1ccc(CNC(=O)CNC(=O)OC(C)(C)C)cc1. The highest BCUT2D eigenvalue weighted by Crippen LogP contribution is 2.19. The number of alkyl carbamates (subject to hydrolysis) is 1. The Labute approximate surface area is 175 Å². The highest BCUT2D eigenvalue weighted by atomic mass is 16.6. The lowest BCUT2D eigenvalue weighted by molar-refractivity contribution is -0.120. The third-order valence-electron chi connectivity index (χ3n) is 3.85. The molecule has 3 N–H and O–H groups in total. The molecule has 2 aromatic carbocycles. The highest BCUT2D eigenvalue weighted by Gasteiger charge is 2.16. The van der Waals surface area contributed by atoms with E-state index in [9.17, 15) is 14.4 Å². The second-order valence-electron chi connectivity index (χ2n) is 7.48. The summed E-state index contributed by atoms with van der Waals surface area (Å²) in [6.07, 6.45) is -0.646. The fourth-order valence-electron chi connectivity index (χ4n) is 2.47. The Bertz CT molecular complexity index is 888. The molecule has 0 unspecified atom stereocenters. The fourth-order valence-corrected chi connectivity index (χ4v) is 2.47. The van der Waals surface area contributed by atoms with Crippen molar-refractivity contribution in [3.05, 3.63) is 59.7 Å². The molecule has 0 spiro atoms. The number of para-hydroxylation sites is 1. The van der Waals surface area contributed by atoms with Crippen molar-refractivity contribution in [1.29, 1.82) is 0 Å². The molecule has 0 aliphatic carbocycles. The van der Waals surface area contributed by atoms with Crippen molar-refractivity contribution < 1.29 is 23.9 Å². The molecule has 2 rings (SSSR count). The zero-order chi connectivity index (χ0) is 22.1. The molecule has 8 nitrogen and oxygen atoms in total. The maximum atomic E-state index is 12.4. The Morgan fingerprint density at radius 2 is 1.60 bits per heavy atom. The van der Waals surface area contributed by atoms with Gasteiger partial charge in [0.15, 0.2) is 0 Å². The number of anilines is 1. The van der Waals surface area contributed by atoms with Crippen LogP contribution in [0.4, 0.5) is 10.5 Å². The van der Waals surface area contributed by atoms with E-state index in [1.165, 1.54) is 7.11 Å². The maximum Gasteiger partial charge on any atom is 0.408 e. The van der Waals surface area contributed by atoms with E-state index in [0.717, 1.165) is 5.56 Å². The first-order valence-electron chi connectivity index (χ1n) is 9.45. The van der Waals surface area contributed by atoms with Crippen molar-refractivity contribution in [2.45, 2.75) is 32.9 Å². The van der Waals surface area contributed by atoms with Gasteiger partial charge in [0.05, 0.1) is 12.7 Å². The monoisotopic (exact) mass is 413 g/mol.